The first kappa shape index (κ1) is 25.0. The maximum absolute atomic E-state index is 15.0. The van der Waals surface area contributed by atoms with Crippen LogP contribution in [0.4, 0.5) is 27.4 Å². The van der Waals surface area contributed by atoms with Crippen molar-refractivity contribution in [1.82, 2.24) is 19.9 Å². The lowest BCUT2D eigenvalue weighted by molar-refractivity contribution is 0.478. The van der Waals surface area contributed by atoms with Gasteiger partial charge in [0.25, 0.3) is 0 Å². The molecule has 9 nitrogen and oxygen atoms in total. The van der Waals surface area contributed by atoms with Crippen molar-refractivity contribution in [3.8, 4) is 0 Å². The molecule has 0 bridgehead atoms. The summed E-state index contributed by atoms with van der Waals surface area (Å²) < 4.78 is 42.4. The van der Waals surface area contributed by atoms with Gasteiger partial charge in [0.15, 0.2) is 0 Å². The summed E-state index contributed by atoms with van der Waals surface area (Å²) in [5, 5.41) is 7.32. The molecule has 0 radical (unpaired) electrons. The molecule has 37 heavy (non-hydrogen) atoms. The SMILES string of the molecule is CC1CN(c2ccc(Nc3ncc4ccn(Cc5ccccc5N(C)S(C)(=O)=O)c4n3)cc2F)CCN1. The maximum atomic E-state index is 15.0. The molecule has 1 unspecified atom stereocenters. The second-order valence-corrected chi connectivity index (χ2v) is 11.4. The summed E-state index contributed by atoms with van der Waals surface area (Å²) in [5.74, 6) is 0.0482. The van der Waals surface area contributed by atoms with Crippen LogP contribution in [0.5, 0.6) is 0 Å². The first-order valence-corrected chi connectivity index (χ1v) is 13.9. The molecule has 0 amide bonds. The lowest BCUT2D eigenvalue weighted by atomic mass is 10.2. The van der Waals surface area contributed by atoms with Gasteiger partial charge in [0, 0.05) is 56.2 Å². The van der Waals surface area contributed by atoms with Crippen LogP contribution < -0.4 is 19.8 Å². The zero-order valence-corrected chi connectivity index (χ0v) is 21.8. The molecule has 2 N–H and O–H groups in total. The van der Waals surface area contributed by atoms with E-state index in [1.165, 1.54) is 16.6 Å². The molecule has 5 rings (SSSR count). The predicted molar refractivity (Wildman–Crippen MR) is 146 cm³/mol. The molecule has 1 aliphatic heterocycles. The lowest BCUT2D eigenvalue weighted by Gasteiger charge is -2.33. The lowest BCUT2D eigenvalue weighted by Crippen LogP contribution is -2.49. The summed E-state index contributed by atoms with van der Waals surface area (Å²) in [5.41, 5.74) is 3.26. The molecule has 4 aromatic rings. The Balaban J connectivity index is 1.39. The minimum atomic E-state index is -3.41. The third-order valence-electron chi connectivity index (χ3n) is 6.58. The molecule has 0 aliphatic carbocycles. The molecule has 1 saturated heterocycles. The molecular formula is C26H30FN7O2S. The topological polar surface area (TPSA) is 95.4 Å². The van der Waals surface area contributed by atoms with Gasteiger partial charge in [0.1, 0.15) is 11.5 Å². The van der Waals surface area contributed by atoms with Crippen molar-refractivity contribution in [2.75, 3.05) is 47.5 Å². The van der Waals surface area contributed by atoms with Gasteiger partial charge in [-0.1, -0.05) is 18.2 Å². The number of nitrogens with one attached hydrogen (secondary N) is 2. The molecule has 0 saturated carbocycles. The Hall–Kier alpha value is -3.70. The molecule has 2 aromatic carbocycles. The molecule has 194 valence electrons. The Morgan fingerprint density at radius 2 is 2.03 bits per heavy atom. The number of rotatable bonds is 7. The van der Waals surface area contributed by atoms with Crippen LogP contribution >= 0.6 is 0 Å². The van der Waals surface area contributed by atoms with Crippen molar-refractivity contribution in [3.05, 3.63) is 72.3 Å². The molecule has 1 aliphatic rings. The highest BCUT2D eigenvalue weighted by atomic mass is 32.2. The average molecular weight is 524 g/mol. The highest BCUT2D eigenvalue weighted by molar-refractivity contribution is 7.92. The summed E-state index contributed by atoms with van der Waals surface area (Å²) in [6, 6.07) is 14.7. The van der Waals surface area contributed by atoms with Gasteiger partial charge >= 0.3 is 0 Å². The third-order valence-corrected chi connectivity index (χ3v) is 7.78. The standard InChI is InChI=1S/C26H30FN7O2S/c1-18-16-33(13-11-28-18)24-9-8-21(14-22(24)27)30-26-29-15-19-10-12-34(25(19)31-26)17-20-6-4-5-7-23(20)32(2)37(3,35)36/h4-10,12,14-15,18,28H,11,13,16-17H2,1-3H3,(H,29,30,31). The second-order valence-electron chi connectivity index (χ2n) is 9.37. The number of benzene rings is 2. The van der Waals surface area contributed by atoms with Gasteiger partial charge in [0.2, 0.25) is 16.0 Å². The Morgan fingerprint density at radius 3 is 2.78 bits per heavy atom. The summed E-state index contributed by atoms with van der Waals surface area (Å²) in [6.45, 7) is 4.84. The van der Waals surface area contributed by atoms with Crippen LogP contribution in [-0.4, -0.2) is 61.9 Å². The van der Waals surface area contributed by atoms with Crippen LogP contribution in [0.15, 0.2) is 60.9 Å². The zero-order valence-electron chi connectivity index (χ0n) is 21.0. The molecule has 1 atom stereocenters. The van der Waals surface area contributed by atoms with Crippen LogP contribution in [0.25, 0.3) is 11.0 Å². The molecular weight excluding hydrogens is 493 g/mol. The van der Waals surface area contributed by atoms with Crippen molar-refractivity contribution >= 4 is 44.1 Å². The number of halogens is 1. The largest absolute Gasteiger partial charge is 0.366 e. The smallest absolute Gasteiger partial charge is 0.232 e. The number of sulfonamides is 1. The van der Waals surface area contributed by atoms with E-state index in [1.54, 1.807) is 25.4 Å². The number of anilines is 4. The number of hydrogen-bond acceptors (Lipinski definition) is 7. The van der Waals surface area contributed by atoms with Crippen molar-refractivity contribution < 1.29 is 12.8 Å². The Morgan fingerprint density at radius 1 is 1.22 bits per heavy atom. The van der Waals surface area contributed by atoms with Gasteiger partial charge in [-0.3, -0.25) is 4.31 Å². The number of fused-ring (bicyclic) bond motifs is 1. The van der Waals surface area contributed by atoms with Crippen molar-refractivity contribution in [1.29, 1.82) is 0 Å². The van der Waals surface area contributed by atoms with Crippen molar-refractivity contribution in [3.63, 3.8) is 0 Å². The fourth-order valence-corrected chi connectivity index (χ4v) is 5.13. The van der Waals surface area contributed by atoms with E-state index in [1.807, 2.05) is 41.1 Å². The monoisotopic (exact) mass is 523 g/mol. The molecule has 1 fully saturated rings. The van der Waals surface area contributed by atoms with Crippen molar-refractivity contribution in [2.45, 2.75) is 19.5 Å². The summed E-state index contributed by atoms with van der Waals surface area (Å²) in [4.78, 5) is 11.1. The Bertz CT molecular complexity index is 1540. The van der Waals surface area contributed by atoms with E-state index in [9.17, 15) is 12.8 Å². The first-order chi connectivity index (χ1) is 17.7. The van der Waals surface area contributed by atoms with Crippen LogP contribution in [-0.2, 0) is 16.6 Å². The quantitative estimate of drug-likeness (QED) is 0.383. The van der Waals surface area contributed by atoms with E-state index in [0.29, 0.717) is 41.2 Å². The minimum absolute atomic E-state index is 0.296. The highest BCUT2D eigenvalue weighted by Crippen LogP contribution is 2.27. The zero-order chi connectivity index (χ0) is 26.2. The van der Waals surface area contributed by atoms with Gasteiger partial charge < -0.3 is 20.1 Å². The summed E-state index contributed by atoms with van der Waals surface area (Å²) >= 11 is 0. The fraction of sp³-hybridized carbons (Fsp3) is 0.308. The van der Waals surface area contributed by atoms with Gasteiger partial charge in [-0.25, -0.2) is 17.8 Å². The Labute approximate surface area is 216 Å². The summed E-state index contributed by atoms with van der Waals surface area (Å²) in [6.07, 6.45) is 4.78. The van der Waals surface area contributed by atoms with E-state index < -0.39 is 10.0 Å². The van der Waals surface area contributed by atoms with E-state index in [2.05, 4.69) is 32.4 Å². The summed E-state index contributed by atoms with van der Waals surface area (Å²) in [7, 11) is -1.87. The van der Waals surface area contributed by atoms with Crippen molar-refractivity contribution in [2.24, 2.45) is 0 Å². The van der Waals surface area contributed by atoms with Crippen LogP contribution in [0.2, 0.25) is 0 Å². The van der Waals surface area contributed by atoms with E-state index in [4.69, 9.17) is 0 Å². The number of piperazine rings is 1. The highest BCUT2D eigenvalue weighted by Gasteiger charge is 2.19. The van der Waals surface area contributed by atoms with Gasteiger partial charge in [-0.05, 0) is 42.8 Å². The van der Waals surface area contributed by atoms with Gasteiger partial charge in [0.05, 0.1) is 24.2 Å². The normalized spacial score (nSPS) is 16.2. The minimum Gasteiger partial charge on any atom is -0.366 e. The molecule has 2 aromatic heterocycles. The molecule has 11 heteroatoms. The second kappa shape index (κ2) is 9.98. The van der Waals surface area contributed by atoms with E-state index in [-0.39, 0.29) is 5.82 Å². The number of hydrogen-bond donors (Lipinski definition) is 2. The van der Waals surface area contributed by atoms with Gasteiger partial charge in [-0.15, -0.1) is 0 Å². The number of para-hydroxylation sites is 1. The van der Waals surface area contributed by atoms with Gasteiger partial charge in [-0.2, -0.15) is 4.98 Å². The molecule has 0 spiro atoms. The molecule has 3 heterocycles. The maximum Gasteiger partial charge on any atom is 0.232 e. The number of nitrogens with zero attached hydrogens (tertiary/aromatic N) is 5. The fourth-order valence-electron chi connectivity index (χ4n) is 4.59. The van der Waals surface area contributed by atoms with E-state index in [0.717, 1.165) is 30.6 Å². The van der Waals surface area contributed by atoms with Crippen LogP contribution in [0.1, 0.15) is 12.5 Å². The Kier molecular flexibility index (Phi) is 6.74. The predicted octanol–water partition coefficient (Wildman–Crippen LogP) is 3.56. The van der Waals surface area contributed by atoms with Crippen LogP contribution in [0, 0.1) is 5.82 Å². The van der Waals surface area contributed by atoms with E-state index >= 15 is 0 Å². The number of aromatic nitrogens is 3. The van der Waals surface area contributed by atoms with Crippen LogP contribution in [0.3, 0.4) is 0 Å². The third kappa shape index (κ3) is 5.37. The average Bonchev–Trinajstić information content (AvgIpc) is 3.25. The first-order valence-electron chi connectivity index (χ1n) is 12.1.